The molecular weight excluding hydrogens is 290 g/mol. The average molecular weight is 308 g/mol. The molecule has 2 atom stereocenters. The maximum Gasteiger partial charge on any atom is 0.0992 e. The molecule has 18 heavy (non-hydrogen) atoms. The fraction of sp³-hybridized carbons (Fsp3) is 0.500. The van der Waals surface area contributed by atoms with Crippen molar-refractivity contribution >= 4 is 21.6 Å². The van der Waals surface area contributed by atoms with Crippen molar-refractivity contribution in [2.75, 3.05) is 18.0 Å². The van der Waals surface area contributed by atoms with E-state index in [0.717, 1.165) is 30.4 Å². The molecule has 1 aliphatic rings. The molecule has 0 aromatic heterocycles. The van der Waals surface area contributed by atoms with Crippen molar-refractivity contribution < 1.29 is 0 Å². The Kier molecular flexibility index (Phi) is 4.26. The summed E-state index contributed by atoms with van der Waals surface area (Å²) in [6.45, 7) is 4.19. The zero-order valence-electron chi connectivity index (χ0n) is 10.6. The van der Waals surface area contributed by atoms with Crippen molar-refractivity contribution in [2.24, 2.45) is 11.7 Å². The van der Waals surface area contributed by atoms with E-state index >= 15 is 0 Å². The van der Waals surface area contributed by atoms with Gasteiger partial charge in [0.2, 0.25) is 0 Å². The van der Waals surface area contributed by atoms with Crippen LogP contribution >= 0.6 is 15.9 Å². The highest BCUT2D eigenvalue weighted by Gasteiger charge is 2.26. The molecule has 2 unspecified atom stereocenters. The van der Waals surface area contributed by atoms with Gasteiger partial charge in [0.05, 0.1) is 17.3 Å². The predicted molar refractivity (Wildman–Crippen MR) is 77.4 cm³/mol. The first-order chi connectivity index (χ1) is 8.65. The number of benzene rings is 1. The standard InChI is InChI=1S/C14H18BrN3/c1-2-11-9-18(6-5-13(11)17)14-4-3-10(8-16)7-12(14)15/h3-4,7,11,13H,2,5-6,9,17H2,1H3. The smallest absolute Gasteiger partial charge is 0.0992 e. The number of nitrogens with zero attached hydrogens (tertiary/aromatic N) is 2. The lowest BCUT2D eigenvalue weighted by atomic mass is 9.90. The number of piperidine rings is 1. The van der Waals surface area contributed by atoms with Gasteiger partial charge in [-0.05, 0) is 46.5 Å². The summed E-state index contributed by atoms with van der Waals surface area (Å²) in [6, 6.07) is 8.25. The Morgan fingerprint density at radius 3 is 2.94 bits per heavy atom. The van der Waals surface area contributed by atoms with Gasteiger partial charge >= 0.3 is 0 Å². The number of hydrogen-bond donors (Lipinski definition) is 1. The molecule has 0 aliphatic carbocycles. The van der Waals surface area contributed by atoms with E-state index in [1.54, 1.807) is 0 Å². The van der Waals surface area contributed by atoms with Crippen LogP contribution in [0.4, 0.5) is 5.69 Å². The Bertz CT molecular complexity index is 467. The molecule has 96 valence electrons. The van der Waals surface area contributed by atoms with Gasteiger partial charge in [-0.2, -0.15) is 5.26 Å². The van der Waals surface area contributed by atoms with Gasteiger partial charge in [0.25, 0.3) is 0 Å². The van der Waals surface area contributed by atoms with Gasteiger partial charge < -0.3 is 10.6 Å². The third-order valence-corrected chi connectivity index (χ3v) is 4.37. The van der Waals surface area contributed by atoms with Crippen LogP contribution in [-0.2, 0) is 0 Å². The summed E-state index contributed by atoms with van der Waals surface area (Å²) in [6.07, 6.45) is 2.15. The fourth-order valence-corrected chi connectivity index (χ4v) is 3.16. The molecule has 1 heterocycles. The Labute approximate surface area is 117 Å². The summed E-state index contributed by atoms with van der Waals surface area (Å²) < 4.78 is 0.992. The number of halogens is 1. The van der Waals surface area contributed by atoms with Crippen molar-refractivity contribution in [1.29, 1.82) is 5.26 Å². The molecule has 0 bridgehead atoms. The molecule has 1 aliphatic heterocycles. The highest BCUT2D eigenvalue weighted by Crippen LogP contribution is 2.31. The molecule has 1 aromatic rings. The van der Waals surface area contributed by atoms with E-state index in [1.165, 1.54) is 5.69 Å². The summed E-state index contributed by atoms with van der Waals surface area (Å²) in [4.78, 5) is 2.36. The van der Waals surface area contributed by atoms with Crippen LogP contribution in [0.2, 0.25) is 0 Å². The monoisotopic (exact) mass is 307 g/mol. The molecule has 4 heteroatoms. The first-order valence-electron chi connectivity index (χ1n) is 6.36. The van der Waals surface area contributed by atoms with Crippen LogP contribution in [0, 0.1) is 17.2 Å². The van der Waals surface area contributed by atoms with Crippen molar-refractivity contribution in [1.82, 2.24) is 0 Å². The van der Waals surface area contributed by atoms with Crippen molar-refractivity contribution in [3.05, 3.63) is 28.2 Å². The maximum atomic E-state index is 8.88. The quantitative estimate of drug-likeness (QED) is 0.914. The molecular formula is C14H18BrN3. The zero-order chi connectivity index (χ0) is 13.1. The average Bonchev–Trinajstić information content (AvgIpc) is 2.39. The van der Waals surface area contributed by atoms with Crippen molar-refractivity contribution in [3.8, 4) is 6.07 Å². The Morgan fingerprint density at radius 1 is 1.56 bits per heavy atom. The molecule has 2 N–H and O–H groups in total. The van der Waals surface area contributed by atoms with Gasteiger partial charge in [0.1, 0.15) is 0 Å². The van der Waals surface area contributed by atoms with E-state index in [-0.39, 0.29) is 0 Å². The second-order valence-corrected chi connectivity index (χ2v) is 5.70. The third-order valence-electron chi connectivity index (χ3n) is 3.73. The second kappa shape index (κ2) is 5.73. The SMILES string of the molecule is CCC1CN(c2ccc(C#N)cc2Br)CCC1N. The van der Waals surface area contributed by atoms with Crippen LogP contribution in [-0.4, -0.2) is 19.1 Å². The Balaban J connectivity index is 2.20. The minimum atomic E-state index is 0.323. The van der Waals surface area contributed by atoms with Crippen LogP contribution in [0.5, 0.6) is 0 Å². The summed E-state index contributed by atoms with van der Waals surface area (Å²) in [7, 11) is 0. The lowest BCUT2D eigenvalue weighted by Gasteiger charge is -2.38. The maximum absolute atomic E-state index is 8.88. The topological polar surface area (TPSA) is 53.0 Å². The minimum Gasteiger partial charge on any atom is -0.370 e. The highest BCUT2D eigenvalue weighted by atomic mass is 79.9. The van der Waals surface area contributed by atoms with E-state index in [0.29, 0.717) is 17.5 Å². The lowest BCUT2D eigenvalue weighted by Crippen LogP contribution is -2.47. The van der Waals surface area contributed by atoms with Crippen molar-refractivity contribution in [3.63, 3.8) is 0 Å². The van der Waals surface area contributed by atoms with E-state index in [2.05, 4.69) is 33.8 Å². The Morgan fingerprint density at radius 2 is 2.33 bits per heavy atom. The van der Waals surface area contributed by atoms with Gasteiger partial charge in [0.15, 0.2) is 0 Å². The summed E-state index contributed by atoms with van der Waals surface area (Å²) in [5, 5.41) is 8.88. The van der Waals surface area contributed by atoms with Gasteiger partial charge in [-0.1, -0.05) is 13.3 Å². The van der Waals surface area contributed by atoms with E-state index in [1.807, 2.05) is 18.2 Å². The van der Waals surface area contributed by atoms with Gasteiger partial charge in [-0.3, -0.25) is 0 Å². The molecule has 3 nitrogen and oxygen atoms in total. The first-order valence-corrected chi connectivity index (χ1v) is 7.15. The molecule has 0 spiro atoms. The molecule has 1 saturated heterocycles. The van der Waals surface area contributed by atoms with Crippen LogP contribution in [0.15, 0.2) is 22.7 Å². The van der Waals surface area contributed by atoms with Crippen molar-refractivity contribution in [2.45, 2.75) is 25.8 Å². The molecule has 0 saturated carbocycles. The zero-order valence-corrected chi connectivity index (χ0v) is 12.2. The summed E-state index contributed by atoms with van der Waals surface area (Å²) in [5.41, 5.74) is 7.98. The van der Waals surface area contributed by atoms with Gasteiger partial charge in [-0.25, -0.2) is 0 Å². The molecule has 0 amide bonds. The number of nitriles is 1. The number of rotatable bonds is 2. The van der Waals surface area contributed by atoms with Crippen LogP contribution < -0.4 is 10.6 Å². The largest absolute Gasteiger partial charge is 0.370 e. The molecule has 0 radical (unpaired) electrons. The summed E-state index contributed by atoms with van der Waals surface area (Å²) in [5.74, 6) is 0.557. The van der Waals surface area contributed by atoms with Crippen LogP contribution in [0.3, 0.4) is 0 Å². The predicted octanol–water partition coefficient (Wildman–Crippen LogP) is 2.88. The van der Waals surface area contributed by atoms with Crippen LogP contribution in [0.25, 0.3) is 0 Å². The third kappa shape index (κ3) is 2.68. The molecule has 2 rings (SSSR count). The van der Waals surface area contributed by atoms with E-state index < -0.39 is 0 Å². The highest BCUT2D eigenvalue weighted by molar-refractivity contribution is 9.10. The Hall–Kier alpha value is -1.05. The second-order valence-electron chi connectivity index (χ2n) is 4.84. The normalized spacial score (nSPS) is 23.8. The first kappa shape index (κ1) is 13.4. The van der Waals surface area contributed by atoms with E-state index in [9.17, 15) is 0 Å². The minimum absolute atomic E-state index is 0.323. The fourth-order valence-electron chi connectivity index (χ4n) is 2.53. The molecule has 1 aromatic carbocycles. The number of nitrogens with two attached hydrogens (primary N) is 1. The van der Waals surface area contributed by atoms with Gasteiger partial charge in [0, 0.05) is 23.6 Å². The number of hydrogen-bond acceptors (Lipinski definition) is 3. The van der Waals surface area contributed by atoms with Gasteiger partial charge in [-0.15, -0.1) is 0 Å². The lowest BCUT2D eigenvalue weighted by molar-refractivity contribution is 0.348. The molecule has 1 fully saturated rings. The summed E-state index contributed by atoms with van der Waals surface area (Å²) >= 11 is 3.56. The number of anilines is 1. The van der Waals surface area contributed by atoms with Crippen LogP contribution in [0.1, 0.15) is 25.3 Å². The van der Waals surface area contributed by atoms with E-state index in [4.69, 9.17) is 11.0 Å².